The van der Waals surface area contributed by atoms with Gasteiger partial charge in [-0.05, 0) is 72.7 Å². The van der Waals surface area contributed by atoms with Crippen molar-refractivity contribution in [1.82, 2.24) is 4.40 Å². The van der Waals surface area contributed by atoms with Gasteiger partial charge in [0, 0.05) is 11.8 Å². The van der Waals surface area contributed by atoms with Gasteiger partial charge in [-0.2, -0.15) is 5.26 Å². The lowest BCUT2D eigenvalue weighted by molar-refractivity contribution is 0.429. The van der Waals surface area contributed by atoms with Crippen LogP contribution in [-0.4, -0.2) is 12.8 Å². The molecule has 0 fully saturated rings. The first kappa shape index (κ1) is 22.7. The monoisotopic (exact) mass is 461 g/mol. The van der Waals surface area contributed by atoms with E-state index in [4.69, 9.17) is 4.74 Å². The molecule has 3 aromatic rings. The molecule has 0 saturated carbocycles. The van der Waals surface area contributed by atoms with Crippen LogP contribution in [0.25, 0.3) is 11.3 Å². The molecule has 3 heterocycles. The maximum Gasteiger partial charge on any atom is 0.263 e. The van der Waals surface area contributed by atoms with Gasteiger partial charge >= 0.3 is 0 Å². The predicted molar refractivity (Wildman–Crippen MR) is 130 cm³/mol. The average Bonchev–Trinajstić information content (AvgIpc) is 3.19. The number of nitrogens with zero attached hydrogens (tertiary/aromatic N) is 2. The standard InChI is InChI=1S/C26H27N3O3S/c1-26(2,3)21-10-12-22(13-11-21)33(30,31)28-25-14-9-19(17-27)23-16-20(18-29(23)25)24-8-6-4-5-7-15-32-24/h7-16,18,28H,4-6H2,1-3H3. The summed E-state index contributed by atoms with van der Waals surface area (Å²) in [4.78, 5) is 0.177. The lowest BCUT2D eigenvalue weighted by Gasteiger charge is -2.19. The second-order valence-electron chi connectivity index (χ2n) is 9.10. The van der Waals surface area contributed by atoms with Crippen LogP contribution in [-0.2, 0) is 20.2 Å². The van der Waals surface area contributed by atoms with Crippen molar-refractivity contribution < 1.29 is 13.2 Å². The van der Waals surface area contributed by atoms with Crippen LogP contribution < -0.4 is 4.72 Å². The molecule has 0 radical (unpaired) electrons. The Bertz CT molecular complexity index is 1380. The zero-order valence-electron chi connectivity index (χ0n) is 19.0. The highest BCUT2D eigenvalue weighted by molar-refractivity contribution is 7.92. The first-order valence-corrected chi connectivity index (χ1v) is 12.4. The molecule has 0 spiro atoms. The van der Waals surface area contributed by atoms with Gasteiger partial charge in [0.05, 0.1) is 22.2 Å². The van der Waals surface area contributed by atoms with E-state index in [2.05, 4.69) is 31.6 Å². The van der Waals surface area contributed by atoms with Gasteiger partial charge in [0.15, 0.2) is 0 Å². The molecule has 2 aromatic heterocycles. The highest BCUT2D eigenvalue weighted by Gasteiger charge is 2.20. The fourth-order valence-corrected chi connectivity index (χ4v) is 4.79. The predicted octanol–water partition coefficient (Wildman–Crippen LogP) is 5.96. The van der Waals surface area contributed by atoms with E-state index in [1.165, 1.54) is 0 Å². The highest BCUT2D eigenvalue weighted by atomic mass is 32.2. The zero-order valence-corrected chi connectivity index (χ0v) is 19.8. The van der Waals surface area contributed by atoms with Crippen LogP contribution in [0, 0.1) is 11.3 Å². The molecule has 7 heteroatoms. The summed E-state index contributed by atoms with van der Waals surface area (Å²) in [6.07, 6.45) is 10.3. The van der Waals surface area contributed by atoms with Crippen molar-refractivity contribution in [1.29, 1.82) is 5.26 Å². The molecule has 170 valence electrons. The molecule has 1 aromatic carbocycles. The Morgan fingerprint density at radius 2 is 1.85 bits per heavy atom. The number of nitrogens with one attached hydrogen (secondary N) is 1. The number of benzene rings is 1. The second-order valence-corrected chi connectivity index (χ2v) is 10.8. The van der Waals surface area contributed by atoms with E-state index in [1.807, 2.05) is 30.4 Å². The molecule has 0 amide bonds. The first-order valence-electron chi connectivity index (χ1n) is 10.9. The zero-order chi connectivity index (χ0) is 23.6. The number of sulfonamides is 1. The van der Waals surface area contributed by atoms with Gasteiger partial charge in [0.25, 0.3) is 10.0 Å². The third-order valence-corrected chi connectivity index (χ3v) is 7.00. The quantitative estimate of drug-likeness (QED) is 0.519. The van der Waals surface area contributed by atoms with Crippen LogP contribution in [0.1, 0.15) is 56.7 Å². The summed E-state index contributed by atoms with van der Waals surface area (Å²) in [6, 6.07) is 14.1. The third kappa shape index (κ3) is 4.81. The van der Waals surface area contributed by atoms with E-state index < -0.39 is 10.0 Å². The number of hydrogen-bond donors (Lipinski definition) is 1. The van der Waals surface area contributed by atoms with Crippen molar-refractivity contribution in [2.75, 3.05) is 4.72 Å². The van der Waals surface area contributed by atoms with Gasteiger partial charge in [0.2, 0.25) is 0 Å². The minimum atomic E-state index is -3.82. The topological polar surface area (TPSA) is 83.6 Å². The van der Waals surface area contributed by atoms with E-state index in [-0.39, 0.29) is 10.3 Å². The Kier molecular flexibility index (Phi) is 6.05. The number of allylic oxidation sites excluding steroid dienone is 2. The molecule has 0 saturated heterocycles. The smallest absolute Gasteiger partial charge is 0.263 e. The van der Waals surface area contributed by atoms with Crippen LogP contribution in [0.2, 0.25) is 0 Å². The van der Waals surface area contributed by atoms with E-state index in [9.17, 15) is 13.7 Å². The lowest BCUT2D eigenvalue weighted by atomic mass is 9.87. The molecule has 0 bridgehead atoms. The molecule has 6 nitrogen and oxygen atoms in total. The third-order valence-electron chi connectivity index (χ3n) is 5.63. The summed E-state index contributed by atoms with van der Waals surface area (Å²) in [5.41, 5.74) is 2.81. The molecule has 0 aliphatic carbocycles. The van der Waals surface area contributed by atoms with Gasteiger partial charge in [-0.25, -0.2) is 8.42 Å². The molecule has 1 N–H and O–H groups in total. The van der Waals surface area contributed by atoms with E-state index in [0.29, 0.717) is 22.7 Å². The molecule has 33 heavy (non-hydrogen) atoms. The van der Waals surface area contributed by atoms with Crippen molar-refractivity contribution in [3.05, 3.63) is 83.8 Å². The SMILES string of the molecule is CC(C)(C)c1ccc(S(=O)(=O)Nc2ccc(C#N)c3cc(C4=CCCCC=CO4)cn23)cc1. The second kappa shape index (κ2) is 8.80. The molecule has 1 aliphatic rings. The Morgan fingerprint density at radius 1 is 1.09 bits per heavy atom. The van der Waals surface area contributed by atoms with Gasteiger partial charge in [-0.1, -0.05) is 32.9 Å². The number of rotatable bonds is 4. The number of hydrogen-bond acceptors (Lipinski definition) is 4. The molecular weight excluding hydrogens is 434 g/mol. The van der Waals surface area contributed by atoms with Crippen molar-refractivity contribution in [2.24, 2.45) is 0 Å². The Balaban J connectivity index is 1.72. The summed E-state index contributed by atoms with van der Waals surface area (Å²) in [7, 11) is -3.82. The average molecular weight is 462 g/mol. The van der Waals surface area contributed by atoms with Crippen molar-refractivity contribution in [3.63, 3.8) is 0 Å². The molecule has 1 aliphatic heterocycles. The molecular formula is C26H27N3O3S. The minimum absolute atomic E-state index is 0.0699. The van der Waals surface area contributed by atoms with E-state index >= 15 is 0 Å². The summed E-state index contributed by atoms with van der Waals surface area (Å²) in [6.45, 7) is 6.24. The molecule has 0 unspecified atom stereocenters. The lowest BCUT2D eigenvalue weighted by Crippen LogP contribution is -2.16. The largest absolute Gasteiger partial charge is 0.465 e. The minimum Gasteiger partial charge on any atom is -0.465 e. The summed E-state index contributed by atoms with van der Waals surface area (Å²) in [5.74, 6) is 1.03. The van der Waals surface area contributed by atoms with Crippen LogP contribution in [0.4, 0.5) is 5.82 Å². The number of fused-ring (bicyclic) bond motifs is 1. The fourth-order valence-electron chi connectivity index (χ4n) is 3.73. The Labute approximate surface area is 194 Å². The number of anilines is 1. The molecule has 0 atom stereocenters. The number of aromatic nitrogens is 1. The number of ether oxygens (including phenoxy) is 1. The Morgan fingerprint density at radius 3 is 2.55 bits per heavy atom. The van der Waals surface area contributed by atoms with Crippen LogP contribution in [0.5, 0.6) is 0 Å². The molecule has 4 rings (SSSR count). The normalized spacial score (nSPS) is 14.7. The fraction of sp³-hybridized carbons (Fsp3) is 0.269. The van der Waals surface area contributed by atoms with Gasteiger partial charge in [0.1, 0.15) is 17.6 Å². The van der Waals surface area contributed by atoms with Crippen LogP contribution in [0.15, 0.2) is 72.0 Å². The van der Waals surface area contributed by atoms with Crippen LogP contribution in [0.3, 0.4) is 0 Å². The number of nitriles is 1. The summed E-state index contributed by atoms with van der Waals surface area (Å²) >= 11 is 0. The van der Waals surface area contributed by atoms with Gasteiger partial charge in [-0.3, -0.25) is 4.72 Å². The van der Waals surface area contributed by atoms with Crippen molar-refractivity contribution in [2.45, 2.75) is 50.3 Å². The number of pyridine rings is 1. The van der Waals surface area contributed by atoms with E-state index in [1.54, 1.807) is 41.1 Å². The first-order chi connectivity index (χ1) is 15.7. The maximum absolute atomic E-state index is 13.1. The van der Waals surface area contributed by atoms with Gasteiger partial charge < -0.3 is 9.14 Å². The van der Waals surface area contributed by atoms with Crippen molar-refractivity contribution >= 4 is 27.1 Å². The van der Waals surface area contributed by atoms with Gasteiger partial charge in [-0.15, -0.1) is 0 Å². The maximum atomic E-state index is 13.1. The highest BCUT2D eigenvalue weighted by Crippen LogP contribution is 2.29. The van der Waals surface area contributed by atoms with Crippen molar-refractivity contribution in [3.8, 4) is 6.07 Å². The van der Waals surface area contributed by atoms with Crippen LogP contribution >= 0.6 is 0 Å². The summed E-state index contributed by atoms with van der Waals surface area (Å²) in [5, 5.41) is 9.57. The van der Waals surface area contributed by atoms with E-state index in [0.717, 1.165) is 30.4 Å². The Hall–Kier alpha value is -3.50. The summed E-state index contributed by atoms with van der Waals surface area (Å²) < 4.78 is 36.4.